The van der Waals surface area contributed by atoms with Gasteiger partial charge in [-0.2, -0.15) is 9.61 Å². The fourth-order valence-electron chi connectivity index (χ4n) is 3.89. The summed E-state index contributed by atoms with van der Waals surface area (Å²) in [5.74, 6) is -2.20. The van der Waals surface area contributed by atoms with Crippen LogP contribution in [0.25, 0.3) is 5.65 Å². The quantitative estimate of drug-likeness (QED) is 0.406. The number of fused-ring (bicyclic) bond motifs is 2. The molecule has 0 radical (unpaired) electrons. The molecule has 0 unspecified atom stereocenters. The van der Waals surface area contributed by atoms with Gasteiger partial charge in [0.1, 0.15) is 35.8 Å². The number of oxazole rings is 1. The van der Waals surface area contributed by atoms with E-state index in [1.54, 1.807) is 0 Å². The Labute approximate surface area is 201 Å². The van der Waals surface area contributed by atoms with Gasteiger partial charge in [0.2, 0.25) is 5.91 Å². The van der Waals surface area contributed by atoms with Crippen molar-refractivity contribution in [2.45, 2.75) is 33.0 Å². The lowest BCUT2D eigenvalue weighted by Crippen LogP contribution is -2.32. The topological polar surface area (TPSA) is 157 Å². The molecule has 36 heavy (non-hydrogen) atoms. The SMILES string of the molecule is CC(C)N1Cc2c(n(CC(=O)Nc3ccc(F)cn3)c3cc(C(=O)Nc4ncco4)nn3c2=O)C1=O. The van der Waals surface area contributed by atoms with Crippen LogP contribution in [0.1, 0.15) is 40.4 Å². The molecule has 0 bridgehead atoms. The van der Waals surface area contributed by atoms with E-state index >= 15 is 0 Å². The van der Waals surface area contributed by atoms with Gasteiger partial charge < -0.3 is 19.2 Å². The van der Waals surface area contributed by atoms with Crippen LogP contribution in [0, 0.1) is 5.82 Å². The van der Waals surface area contributed by atoms with Crippen molar-refractivity contribution in [3.8, 4) is 0 Å². The number of halogens is 1. The van der Waals surface area contributed by atoms with Gasteiger partial charge >= 0.3 is 6.01 Å². The number of pyridine rings is 1. The molecule has 1 aliphatic rings. The molecule has 0 fully saturated rings. The highest BCUT2D eigenvalue weighted by atomic mass is 19.1. The van der Waals surface area contributed by atoms with Gasteiger partial charge in [0.15, 0.2) is 5.69 Å². The van der Waals surface area contributed by atoms with Crippen LogP contribution in [0.4, 0.5) is 16.2 Å². The monoisotopic (exact) mass is 494 g/mol. The molecular formula is C22H19FN8O5. The van der Waals surface area contributed by atoms with E-state index in [-0.39, 0.29) is 47.0 Å². The molecule has 0 aromatic carbocycles. The second-order valence-corrected chi connectivity index (χ2v) is 8.25. The number of hydrogen-bond donors (Lipinski definition) is 2. The number of aromatic nitrogens is 5. The molecular weight excluding hydrogens is 475 g/mol. The third-order valence-electron chi connectivity index (χ3n) is 5.57. The molecule has 0 saturated heterocycles. The maximum atomic E-state index is 13.2. The third-order valence-corrected chi connectivity index (χ3v) is 5.57. The first kappa shape index (κ1) is 22.9. The lowest BCUT2D eigenvalue weighted by Gasteiger charge is -2.20. The number of nitrogens with one attached hydrogen (secondary N) is 2. The van der Waals surface area contributed by atoms with E-state index in [2.05, 4.69) is 25.7 Å². The number of carbonyl (C=O) groups excluding carboxylic acids is 3. The third kappa shape index (κ3) is 3.97. The summed E-state index contributed by atoms with van der Waals surface area (Å²) in [6.45, 7) is 3.23. The zero-order valence-electron chi connectivity index (χ0n) is 19.1. The van der Waals surface area contributed by atoms with Crippen LogP contribution in [-0.2, 0) is 17.9 Å². The molecule has 14 heteroatoms. The van der Waals surface area contributed by atoms with Crippen LogP contribution in [0.3, 0.4) is 0 Å². The Kier molecular flexibility index (Phi) is 5.54. The van der Waals surface area contributed by atoms with Crippen molar-refractivity contribution in [2.75, 3.05) is 10.6 Å². The molecule has 3 amide bonds. The minimum Gasteiger partial charge on any atom is -0.432 e. The highest BCUT2D eigenvalue weighted by molar-refractivity contribution is 6.03. The number of amides is 3. The molecule has 184 valence electrons. The summed E-state index contributed by atoms with van der Waals surface area (Å²) in [6, 6.07) is 3.44. The standard InChI is InChI=1S/C22H19FN8O5/c1-11(2)29-9-13-18(21(29)35)30(10-16(32)26-15-4-3-12(23)8-25-15)17-7-14(28-31(17)20(13)34)19(33)27-22-24-5-6-36-22/h3-8,11H,9-10H2,1-2H3,(H,24,27,33)(H,25,26,32). The Morgan fingerprint density at radius 2 is 2.00 bits per heavy atom. The summed E-state index contributed by atoms with van der Waals surface area (Å²) < 4.78 is 20.5. The van der Waals surface area contributed by atoms with Crippen LogP contribution in [-0.4, -0.2) is 52.8 Å². The van der Waals surface area contributed by atoms with Crippen LogP contribution < -0.4 is 16.2 Å². The molecule has 0 atom stereocenters. The van der Waals surface area contributed by atoms with Gasteiger partial charge in [-0.15, -0.1) is 0 Å². The van der Waals surface area contributed by atoms with E-state index in [4.69, 9.17) is 4.42 Å². The van der Waals surface area contributed by atoms with Gasteiger partial charge in [0.05, 0.1) is 24.5 Å². The molecule has 5 heterocycles. The minimum absolute atomic E-state index is 0.0272. The molecule has 13 nitrogen and oxygen atoms in total. The average Bonchev–Trinajstić information content (AvgIpc) is 3.57. The first-order valence-corrected chi connectivity index (χ1v) is 10.8. The molecule has 0 aliphatic carbocycles. The molecule has 4 aromatic rings. The molecule has 0 saturated carbocycles. The van der Waals surface area contributed by atoms with Crippen molar-refractivity contribution >= 4 is 35.2 Å². The van der Waals surface area contributed by atoms with E-state index in [0.29, 0.717) is 0 Å². The van der Waals surface area contributed by atoms with E-state index in [1.165, 1.54) is 34.1 Å². The van der Waals surface area contributed by atoms with Crippen molar-refractivity contribution in [3.05, 3.63) is 70.0 Å². The first-order chi connectivity index (χ1) is 17.2. The van der Waals surface area contributed by atoms with Crippen molar-refractivity contribution < 1.29 is 23.2 Å². The molecule has 0 spiro atoms. The summed E-state index contributed by atoms with van der Waals surface area (Å²) in [4.78, 5) is 61.1. The maximum absolute atomic E-state index is 13.2. The van der Waals surface area contributed by atoms with E-state index in [0.717, 1.165) is 16.8 Å². The molecule has 4 aromatic heterocycles. The Morgan fingerprint density at radius 1 is 1.19 bits per heavy atom. The molecule has 2 N–H and O–H groups in total. The van der Waals surface area contributed by atoms with Crippen LogP contribution in [0.5, 0.6) is 0 Å². The van der Waals surface area contributed by atoms with Gasteiger partial charge in [-0.3, -0.25) is 24.5 Å². The van der Waals surface area contributed by atoms with Gasteiger partial charge in [-0.25, -0.2) is 14.4 Å². The maximum Gasteiger partial charge on any atom is 0.301 e. The fraction of sp³-hybridized carbons (Fsp3) is 0.227. The normalized spacial score (nSPS) is 12.9. The van der Waals surface area contributed by atoms with Gasteiger partial charge in [-0.1, -0.05) is 0 Å². The Bertz CT molecular complexity index is 1560. The Hall–Kier alpha value is -4.88. The van der Waals surface area contributed by atoms with Crippen LogP contribution in [0.2, 0.25) is 0 Å². The summed E-state index contributed by atoms with van der Waals surface area (Å²) in [7, 11) is 0. The summed E-state index contributed by atoms with van der Waals surface area (Å²) in [6.07, 6.45) is 3.56. The highest BCUT2D eigenvalue weighted by Gasteiger charge is 2.36. The number of anilines is 2. The number of nitrogens with zero attached hydrogens (tertiary/aromatic N) is 6. The number of rotatable bonds is 6. The van der Waals surface area contributed by atoms with E-state index < -0.39 is 35.6 Å². The summed E-state index contributed by atoms with van der Waals surface area (Å²) >= 11 is 0. The number of hydrogen-bond acceptors (Lipinski definition) is 8. The lowest BCUT2D eigenvalue weighted by atomic mass is 10.2. The van der Waals surface area contributed by atoms with Gasteiger partial charge in [0, 0.05) is 12.1 Å². The van der Waals surface area contributed by atoms with Crippen LogP contribution in [0.15, 0.2) is 46.1 Å². The minimum atomic E-state index is -0.706. The summed E-state index contributed by atoms with van der Waals surface area (Å²) in [5.41, 5.74) is -0.503. The largest absolute Gasteiger partial charge is 0.432 e. The van der Waals surface area contributed by atoms with Gasteiger partial charge in [0.25, 0.3) is 17.4 Å². The smallest absolute Gasteiger partial charge is 0.301 e. The van der Waals surface area contributed by atoms with Crippen molar-refractivity contribution in [3.63, 3.8) is 0 Å². The van der Waals surface area contributed by atoms with Crippen molar-refractivity contribution in [1.82, 2.24) is 29.0 Å². The second kappa shape index (κ2) is 8.72. The average molecular weight is 494 g/mol. The van der Waals surface area contributed by atoms with Gasteiger partial charge in [-0.05, 0) is 26.0 Å². The zero-order chi connectivity index (χ0) is 25.6. The fourth-order valence-corrected chi connectivity index (χ4v) is 3.89. The Balaban J connectivity index is 1.58. The first-order valence-electron chi connectivity index (χ1n) is 10.8. The highest BCUT2D eigenvalue weighted by Crippen LogP contribution is 2.24. The van der Waals surface area contributed by atoms with Crippen LogP contribution >= 0.6 is 0 Å². The number of carbonyl (C=O) groups is 3. The molecule has 5 rings (SSSR count). The predicted octanol–water partition coefficient (Wildman–Crippen LogP) is 1.27. The molecule has 1 aliphatic heterocycles. The summed E-state index contributed by atoms with van der Waals surface area (Å²) in [5, 5.41) is 9.05. The Morgan fingerprint density at radius 3 is 2.67 bits per heavy atom. The zero-order valence-corrected chi connectivity index (χ0v) is 19.1. The predicted molar refractivity (Wildman–Crippen MR) is 122 cm³/mol. The second-order valence-electron chi connectivity index (χ2n) is 8.25. The lowest BCUT2D eigenvalue weighted by molar-refractivity contribution is -0.116. The van der Waals surface area contributed by atoms with Crippen molar-refractivity contribution in [2.24, 2.45) is 0 Å². The van der Waals surface area contributed by atoms with E-state index in [9.17, 15) is 23.6 Å². The van der Waals surface area contributed by atoms with E-state index in [1.807, 2.05) is 13.8 Å². The van der Waals surface area contributed by atoms with Crippen molar-refractivity contribution in [1.29, 1.82) is 0 Å².